The molecule has 168 valence electrons. The van der Waals surface area contributed by atoms with Crippen molar-refractivity contribution in [2.24, 2.45) is 0 Å². The summed E-state index contributed by atoms with van der Waals surface area (Å²) in [6.45, 7) is 1.17. The van der Waals surface area contributed by atoms with Gasteiger partial charge in [0.15, 0.2) is 0 Å². The summed E-state index contributed by atoms with van der Waals surface area (Å²) in [4.78, 5) is 12.6. The van der Waals surface area contributed by atoms with Gasteiger partial charge in [0.2, 0.25) is 15.9 Å². The van der Waals surface area contributed by atoms with Crippen LogP contribution < -0.4 is 9.62 Å². The zero-order chi connectivity index (χ0) is 22.8. The molecule has 0 saturated carbocycles. The quantitative estimate of drug-likeness (QED) is 0.711. The molecule has 0 spiro atoms. The maximum atomic E-state index is 13.0. The third kappa shape index (κ3) is 5.78. The van der Waals surface area contributed by atoms with Crippen molar-refractivity contribution in [1.82, 2.24) is 5.32 Å². The van der Waals surface area contributed by atoms with Gasteiger partial charge in [-0.05, 0) is 67.5 Å². The lowest BCUT2D eigenvalue weighted by Gasteiger charge is -2.24. The molecule has 1 aliphatic carbocycles. The number of nitrogens with one attached hydrogen (secondary N) is 1. The van der Waals surface area contributed by atoms with E-state index in [-0.39, 0.29) is 11.7 Å². The summed E-state index contributed by atoms with van der Waals surface area (Å²) in [7, 11) is -3.98. The van der Waals surface area contributed by atoms with Crippen LogP contribution in [0.15, 0.2) is 42.5 Å². The van der Waals surface area contributed by atoms with E-state index in [2.05, 4.69) is 17.4 Å². The van der Waals surface area contributed by atoms with Crippen LogP contribution in [0.2, 0.25) is 0 Å². The monoisotopic (exact) mass is 454 g/mol. The molecule has 0 fully saturated rings. The van der Waals surface area contributed by atoms with Gasteiger partial charge in [0.05, 0.1) is 23.5 Å². The van der Waals surface area contributed by atoms with Gasteiger partial charge in [0, 0.05) is 0 Å². The smallest absolute Gasteiger partial charge is 0.348 e. The summed E-state index contributed by atoms with van der Waals surface area (Å²) in [5.41, 5.74) is 2.27. The van der Waals surface area contributed by atoms with Crippen LogP contribution in [0.3, 0.4) is 0 Å². The summed E-state index contributed by atoms with van der Waals surface area (Å²) in [6.07, 6.45) is 0.542. The zero-order valence-corrected chi connectivity index (χ0v) is 18.2. The Hall–Kier alpha value is -2.55. The van der Waals surface area contributed by atoms with E-state index >= 15 is 0 Å². The average Bonchev–Trinajstić information content (AvgIpc) is 2.70. The van der Waals surface area contributed by atoms with Crippen molar-refractivity contribution < 1.29 is 26.4 Å². The number of nitrogens with zero attached hydrogens (tertiary/aromatic N) is 1. The van der Waals surface area contributed by atoms with Crippen LogP contribution in [0.4, 0.5) is 18.9 Å². The SMILES string of the molecule is CC(NC(=O)CN(c1cccc(C(F)(F)F)c1)S(C)(=O)=O)c1ccc2c(c1)CCCC2. The molecule has 0 saturated heterocycles. The molecule has 1 aliphatic rings. The van der Waals surface area contributed by atoms with Crippen molar-refractivity contribution in [2.45, 2.75) is 44.8 Å². The highest BCUT2D eigenvalue weighted by Crippen LogP contribution is 2.32. The predicted octanol–water partition coefficient (Wildman–Crippen LogP) is 4.23. The molecule has 0 heterocycles. The van der Waals surface area contributed by atoms with Gasteiger partial charge in [0.1, 0.15) is 6.54 Å². The fraction of sp³-hybridized carbons (Fsp3) is 0.409. The molecule has 1 N–H and O–H groups in total. The molecule has 1 atom stereocenters. The number of halogens is 3. The Morgan fingerprint density at radius 3 is 2.42 bits per heavy atom. The number of hydrogen-bond donors (Lipinski definition) is 1. The first-order valence-electron chi connectivity index (χ1n) is 10.0. The summed E-state index contributed by atoms with van der Waals surface area (Å²) in [6, 6.07) is 9.60. The average molecular weight is 455 g/mol. The minimum atomic E-state index is -4.62. The second-order valence-electron chi connectivity index (χ2n) is 7.84. The molecule has 1 unspecified atom stereocenters. The van der Waals surface area contributed by atoms with Crippen molar-refractivity contribution in [3.8, 4) is 0 Å². The van der Waals surface area contributed by atoms with Gasteiger partial charge in [-0.1, -0.05) is 24.3 Å². The van der Waals surface area contributed by atoms with Gasteiger partial charge in [-0.2, -0.15) is 13.2 Å². The fourth-order valence-corrected chi connectivity index (χ4v) is 4.61. The standard InChI is InChI=1S/C22H25F3N2O3S/c1-15(17-11-10-16-6-3-4-7-18(16)12-17)26-21(28)14-27(31(2,29)30)20-9-5-8-19(13-20)22(23,24)25/h5,8-13,15H,3-4,6-7,14H2,1-2H3,(H,26,28). The Bertz CT molecular complexity index is 1070. The Kier molecular flexibility index (Phi) is 6.64. The minimum absolute atomic E-state index is 0.214. The first kappa shape index (κ1) is 23.1. The number of anilines is 1. The van der Waals surface area contributed by atoms with Crippen molar-refractivity contribution in [1.29, 1.82) is 0 Å². The molecule has 2 aromatic carbocycles. The van der Waals surface area contributed by atoms with Crippen LogP contribution in [0.5, 0.6) is 0 Å². The van der Waals surface area contributed by atoms with Gasteiger partial charge < -0.3 is 5.32 Å². The van der Waals surface area contributed by atoms with Crippen LogP contribution >= 0.6 is 0 Å². The van der Waals surface area contributed by atoms with Crippen LogP contribution in [0.1, 0.15) is 48.1 Å². The van der Waals surface area contributed by atoms with Crippen molar-refractivity contribution in [3.63, 3.8) is 0 Å². The van der Waals surface area contributed by atoms with E-state index in [4.69, 9.17) is 0 Å². The molecule has 9 heteroatoms. The van der Waals surface area contributed by atoms with Gasteiger partial charge in [-0.3, -0.25) is 9.10 Å². The molecular formula is C22H25F3N2O3S. The Balaban J connectivity index is 1.76. The minimum Gasteiger partial charge on any atom is -0.348 e. The number of rotatable bonds is 6. The van der Waals surface area contributed by atoms with E-state index in [0.29, 0.717) is 4.31 Å². The number of carbonyl (C=O) groups is 1. The molecule has 5 nitrogen and oxygen atoms in total. The normalized spacial score (nSPS) is 15.1. The van der Waals surface area contributed by atoms with Crippen LogP contribution in [-0.2, 0) is 33.8 Å². The number of carbonyl (C=O) groups excluding carboxylic acids is 1. The first-order valence-corrected chi connectivity index (χ1v) is 11.9. The summed E-state index contributed by atoms with van der Waals surface area (Å²) >= 11 is 0. The lowest BCUT2D eigenvalue weighted by atomic mass is 9.89. The summed E-state index contributed by atoms with van der Waals surface area (Å²) < 4.78 is 64.2. The Morgan fingerprint density at radius 1 is 1.10 bits per heavy atom. The third-order valence-corrected chi connectivity index (χ3v) is 6.54. The largest absolute Gasteiger partial charge is 0.416 e. The number of amides is 1. The number of benzene rings is 2. The lowest BCUT2D eigenvalue weighted by molar-refractivity contribution is -0.137. The van der Waals surface area contributed by atoms with Gasteiger partial charge in [-0.15, -0.1) is 0 Å². The van der Waals surface area contributed by atoms with E-state index in [1.807, 2.05) is 6.07 Å². The Labute approximate surface area is 180 Å². The van der Waals surface area contributed by atoms with Crippen LogP contribution in [0.25, 0.3) is 0 Å². The predicted molar refractivity (Wildman–Crippen MR) is 113 cm³/mol. The maximum Gasteiger partial charge on any atom is 0.416 e. The molecular weight excluding hydrogens is 429 g/mol. The molecule has 0 bridgehead atoms. The van der Waals surface area contributed by atoms with E-state index in [1.54, 1.807) is 6.92 Å². The van der Waals surface area contributed by atoms with Gasteiger partial charge in [0.25, 0.3) is 0 Å². The molecule has 2 aromatic rings. The number of aryl methyl sites for hydroxylation is 2. The van der Waals surface area contributed by atoms with E-state index in [9.17, 15) is 26.4 Å². The summed E-state index contributed by atoms with van der Waals surface area (Å²) in [5, 5.41) is 2.75. The van der Waals surface area contributed by atoms with Crippen LogP contribution in [0, 0.1) is 0 Å². The maximum absolute atomic E-state index is 13.0. The molecule has 0 radical (unpaired) electrons. The summed E-state index contributed by atoms with van der Waals surface area (Å²) in [5.74, 6) is -0.604. The number of fused-ring (bicyclic) bond motifs is 1. The molecule has 0 aliphatic heterocycles. The second-order valence-corrected chi connectivity index (χ2v) is 9.75. The van der Waals surface area contributed by atoms with Gasteiger partial charge >= 0.3 is 6.18 Å². The topological polar surface area (TPSA) is 66.5 Å². The first-order chi connectivity index (χ1) is 14.4. The molecule has 1 amide bonds. The van der Waals surface area contributed by atoms with E-state index < -0.39 is 34.2 Å². The number of sulfonamides is 1. The van der Waals surface area contributed by atoms with Gasteiger partial charge in [-0.25, -0.2) is 8.42 Å². The van der Waals surface area contributed by atoms with E-state index in [1.165, 1.54) is 17.2 Å². The highest BCUT2D eigenvalue weighted by Gasteiger charge is 2.32. The van der Waals surface area contributed by atoms with Crippen molar-refractivity contribution in [3.05, 3.63) is 64.7 Å². The molecule has 3 rings (SSSR count). The number of hydrogen-bond acceptors (Lipinski definition) is 3. The second kappa shape index (κ2) is 8.90. The van der Waals surface area contributed by atoms with E-state index in [0.717, 1.165) is 55.7 Å². The van der Waals surface area contributed by atoms with Crippen molar-refractivity contribution in [2.75, 3.05) is 17.1 Å². The zero-order valence-electron chi connectivity index (χ0n) is 17.4. The highest BCUT2D eigenvalue weighted by atomic mass is 32.2. The van der Waals surface area contributed by atoms with Crippen LogP contribution in [-0.4, -0.2) is 27.1 Å². The third-order valence-electron chi connectivity index (χ3n) is 5.40. The van der Waals surface area contributed by atoms with Crippen molar-refractivity contribution >= 4 is 21.6 Å². The number of alkyl halides is 3. The molecule has 0 aromatic heterocycles. The highest BCUT2D eigenvalue weighted by molar-refractivity contribution is 7.92. The lowest BCUT2D eigenvalue weighted by Crippen LogP contribution is -2.41. The Morgan fingerprint density at radius 2 is 1.77 bits per heavy atom. The molecule has 31 heavy (non-hydrogen) atoms. The fourth-order valence-electron chi connectivity index (χ4n) is 3.76.